The molecule has 1 heterocycles. The molecule has 0 fully saturated rings. The highest BCUT2D eigenvalue weighted by atomic mass is 16.2. The van der Waals surface area contributed by atoms with Gasteiger partial charge >= 0.3 is 0 Å². The van der Waals surface area contributed by atoms with E-state index in [-0.39, 0.29) is 5.91 Å². The number of hydrogen-bond donors (Lipinski definition) is 3. The monoisotopic (exact) mass is 245 g/mol. The van der Waals surface area contributed by atoms with Crippen LogP contribution in [-0.2, 0) is 0 Å². The summed E-state index contributed by atoms with van der Waals surface area (Å²) >= 11 is 0. The van der Waals surface area contributed by atoms with E-state index in [1.54, 1.807) is 6.20 Å². The molecule has 0 radical (unpaired) electrons. The highest BCUT2D eigenvalue weighted by Crippen LogP contribution is 2.17. The maximum absolute atomic E-state index is 12.1. The van der Waals surface area contributed by atoms with Crippen LogP contribution in [0.25, 0.3) is 10.9 Å². The van der Waals surface area contributed by atoms with Gasteiger partial charge in [0.15, 0.2) is 0 Å². The van der Waals surface area contributed by atoms with Gasteiger partial charge in [0.05, 0.1) is 5.56 Å². The molecule has 0 atom stereocenters. The summed E-state index contributed by atoms with van der Waals surface area (Å²) in [4.78, 5) is 15.2. The lowest BCUT2D eigenvalue weighted by Gasteiger charge is -2.15. The van der Waals surface area contributed by atoms with Crippen LogP contribution in [0.5, 0.6) is 0 Å². The van der Waals surface area contributed by atoms with Crippen LogP contribution >= 0.6 is 0 Å². The zero-order valence-corrected chi connectivity index (χ0v) is 10.8. The first-order chi connectivity index (χ1) is 8.76. The van der Waals surface area contributed by atoms with Gasteiger partial charge in [-0.05, 0) is 18.9 Å². The molecule has 0 aliphatic heterocycles. The molecule has 1 aromatic carbocycles. The second-order valence-corrected chi connectivity index (χ2v) is 4.36. The van der Waals surface area contributed by atoms with Crippen LogP contribution in [0.1, 0.15) is 37.0 Å². The van der Waals surface area contributed by atoms with E-state index in [0.29, 0.717) is 11.6 Å². The number of rotatable bonds is 5. The molecule has 2 aromatic rings. The Morgan fingerprint density at radius 3 is 2.72 bits per heavy atom. The minimum atomic E-state index is -0.0978. The van der Waals surface area contributed by atoms with Gasteiger partial charge in [-0.25, -0.2) is 5.43 Å². The molecule has 18 heavy (non-hydrogen) atoms. The normalized spacial score (nSPS) is 11.1. The van der Waals surface area contributed by atoms with E-state index in [1.165, 1.54) is 0 Å². The second kappa shape index (κ2) is 5.69. The van der Waals surface area contributed by atoms with Crippen molar-refractivity contribution in [2.45, 2.75) is 32.7 Å². The quantitative estimate of drug-likeness (QED) is 0.709. The summed E-state index contributed by atoms with van der Waals surface area (Å²) in [5.74, 6) is -0.0978. The van der Waals surface area contributed by atoms with Crippen molar-refractivity contribution in [1.82, 2.24) is 15.8 Å². The van der Waals surface area contributed by atoms with E-state index in [4.69, 9.17) is 0 Å². The van der Waals surface area contributed by atoms with Crippen molar-refractivity contribution in [2.24, 2.45) is 0 Å². The van der Waals surface area contributed by atoms with Crippen molar-refractivity contribution in [1.29, 1.82) is 0 Å². The highest BCUT2D eigenvalue weighted by Gasteiger charge is 2.12. The van der Waals surface area contributed by atoms with Crippen molar-refractivity contribution >= 4 is 16.8 Å². The molecule has 1 amide bonds. The van der Waals surface area contributed by atoms with Crippen LogP contribution in [-0.4, -0.2) is 16.9 Å². The molecule has 0 bridgehead atoms. The molecule has 0 aliphatic carbocycles. The number of benzene rings is 1. The Morgan fingerprint density at radius 2 is 2.00 bits per heavy atom. The van der Waals surface area contributed by atoms with Crippen LogP contribution < -0.4 is 10.9 Å². The van der Waals surface area contributed by atoms with E-state index in [1.807, 2.05) is 24.3 Å². The Balaban J connectivity index is 2.09. The molecule has 1 aromatic heterocycles. The van der Waals surface area contributed by atoms with Gasteiger partial charge in [0.1, 0.15) is 0 Å². The van der Waals surface area contributed by atoms with E-state index < -0.39 is 0 Å². The number of aromatic nitrogens is 1. The number of carbonyl (C=O) groups is 1. The first-order valence-corrected chi connectivity index (χ1v) is 6.38. The predicted molar refractivity (Wildman–Crippen MR) is 73.3 cm³/mol. The number of nitrogens with one attached hydrogen (secondary N) is 3. The molecule has 0 spiro atoms. The van der Waals surface area contributed by atoms with Gasteiger partial charge in [0.25, 0.3) is 5.91 Å². The number of aromatic amines is 1. The zero-order valence-electron chi connectivity index (χ0n) is 10.8. The van der Waals surface area contributed by atoms with Crippen molar-refractivity contribution in [3.05, 3.63) is 36.0 Å². The SMILES string of the molecule is CCC(CC)NNC(=O)c1c[nH]c2ccccc12. The molecule has 0 saturated heterocycles. The topological polar surface area (TPSA) is 56.9 Å². The van der Waals surface area contributed by atoms with E-state index in [0.717, 1.165) is 23.7 Å². The van der Waals surface area contributed by atoms with Crippen LogP contribution in [0.4, 0.5) is 0 Å². The number of carbonyl (C=O) groups excluding carboxylic acids is 1. The first kappa shape index (κ1) is 12.6. The Morgan fingerprint density at radius 1 is 1.28 bits per heavy atom. The van der Waals surface area contributed by atoms with Crippen molar-refractivity contribution < 1.29 is 4.79 Å². The summed E-state index contributed by atoms with van der Waals surface area (Å²) in [6.07, 6.45) is 3.73. The third-order valence-corrected chi connectivity index (χ3v) is 3.21. The fourth-order valence-electron chi connectivity index (χ4n) is 1.99. The number of H-pyrrole nitrogens is 1. The first-order valence-electron chi connectivity index (χ1n) is 6.38. The lowest BCUT2D eigenvalue weighted by atomic mass is 10.1. The standard InChI is InChI=1S/C14H19N3O/c1-3-10(4-2)16-17-14(18)12-9-15-13-8-6-5-7-11(12)13/h5-10,15-16H,3-4H2,1-2H3,(H,17,18). The highest BCUT2D eigenvalue weighted by molar-refractivity contribution is 6.06. The lowest BCUT2D eigenvalue weighted by Crippen LogP contribution is -2.43. The number of hydrogen-bond acceptors (Lipinski definition) is 2. The predicted octanol–water partition coefficient (Wildman–Crippen LogP) is 2.59. The largest absolute Gasteiger partial charge is 0.360 e. The van der Waals surface area contributed by atoms with Gasteiger partial charge < -0.3 is 4.98 Å². The molecular formula is C14H19N3O. The Kier molecular flexibility index (Phi) is 3.99. The van der Waals surface area contributed by atoms with Gasteiger partial charge in [-0.1, -0.05) is 32.0 Å². The summed E-state index contributed by atoms with van der Waals surface area (Å²) in [7, 11) is 0. The molecule has 3 N–H and O–H groups in total. The van der Waals surface area contributed by atoms with Gasteiger partial charge in [-0.2, -0.15) is 0 Å². The Hall–Kier alpha value is -1.81. The van der Waals surface area contributed by atoms with Crippen LogP contribution in [0, 0.1) is 0 Å². The summed E-state index contributed by atoms with van der Waals surface area (Å²) in [5, 5.41) is 0.946. The Bertz CT molecular complexity index is 529. The number of hydrazine groups is 1. The summed E-state index contributed by atoms with van der Waals surface area (Å²) in [5.41, 5.74) is 7.48. The Labute approximate surface area is 107 Å². The van der Waals surface area contributed by atoms with Gasteiger partial charge in [-0.3, -0.25) is 10.2 Å². The molecule has 0 unspecified atom stereocenters. The van der Waals surface area contributed by atoms with Crippen molar-refractivity contribution in [3.8, 4) is 0 Å². The second-order valence-electron chi connectivity index (χ2n) is 4.36. The van der Waals surface area contributed by atoms with E-state index in [2.05, 4.69) is 29.7 Å². The number of amides is 1. The molecule has 2 rings (SSSR count). The van der Waals surface area contributed by atoms with Crippen LogP contribution in [0.2, 0.25) is 0 Å². The minimum absolute atomic E-state index is 0.0978. The van der Waals surface area contributed by atoms with Crippen molar-refractivity contribution in [2.75, 3.05) is 0 Å². The molecule has 4 nitrogen and oxygen atoms in total. The molecule has 96 valence electrons. The van der Waals surface area contributed by atoms with Crippen LogP contribution in [0.15, 0.2) is 30.5 Å². The number of para-hydroxylation sites is 1. The number of fused-ring (bicyclic) bond motifs is 1. The molecular weight excluding hydrogens is 226 g/mol. The summed E-state index contributed by atoms with van der Waals surface area (Å²) in [6.45, 7) is 4.19. The molecule has 0 aliphatic rings. The maximum atomic E-state index is 12.1. The summed E-state index contributed by atoms with van der Waals surface area (Å²) < 4.78 is 0. The maximum Gasteiger partial charge on any atom is 0.267 e. The molecule has 0 saturated carbocycles. The van der Waals surface area contributed by atoms with Gasteiger partial charge in [-0.15, -0.1) is 0 Å². The van der Waals surface area contributed by atoms with Crippen LogP contribution in [0.3, 0.4) is 0 Å². The average molecular weight is 245 g/mol. The third-order valence-electron chi connectivity index (χ3n) is 3.21. The summed E-state index contributed by atoms with van der Waals surface area (Å²) in [6, 6.07) is 8.10. The minimum Gasteiger partial charge on any atom is -0.360 e. The van der Waals surface area contributed by atoms with Crippen molar-refractivity contribution in [3.63, 3.8) is 0 Å². The fraction of sp³-hybridized carbons (Fsp3) is 0.357. The fourth-order valence-corrected chi connectivity index (χ4v) is 1.99. The van der Waals surface area contributed by atoms with E-state index in [9.17, 15) is 4.79 Å². The zero-order chi connectivity index (χ0) is 13.0. The van der Waals surface area contributed by atoms with Gasteiger partial charge in [0, 0.05) is 23.1 Å². The molecule has 4 heteroatoms. The lowest BCUT2D eigenvalue weighted by molar-refractivity contribution is 0.0925. The average Bonchev–Trinajstić information content (AvgIpc) is 2.83. The van der Waals surface area contributed by atoms with E-state index >= 15 is 0 Å². The smallest absolute Gasteiger partial charge is 0.267 e. The third kappa shape index (κ3) is 2.54. The van der Waals surface area contributed by atoms with Gasteiger partial charge in [0.2, 0.25) is 0 Å².